The number of para-hydroxylation sites is 1. The summed E-state index contributed by atoms with van der Waals surface area (Å²) in [6.07, 6.45) is 2.39. The van der Waals surface area contributed by atoms with Gasteiger partial charge in [0.1, 0.15) is 5.75 Å². The molecule has 3 heteroatoms. The van der Waals surface area contributed by atoms with Crippen LogP contribution < -0.4 is 10.1 Å². The van der Waals surface area contributed by atoms with Crippen LogP contribution in [0.1, 0.15) is 25.8 Å². The molecule has 0 saturated heterocycles. The summed E-state index contributed by atoms with van der Waals surface area (Å²) >= 11 is 0. The molecule has 0 spiro atoms. The summed E-state index contributed by atoms with van der Waals surface area (Å²) in [6.45, 7) is 5.97. The molecule has 1 N–H and O–H groups in total. The Morgan fingerprint density at radius 1 is 1.21 bits per heavy atom. The topological polar surface area (TPSA) is 30.5 Å². The van der Waals surface area contributed by atoms with Crippen molar-refractivity contribution in [3.05, 3.63) is 29.8 Å². The van der Waals surface area contributed by atoms with Crippen LogP contribution in [0, 0.1) is 5.92 Å². The lowest BCUT2D eigenvalue weighted by Crippen LogP contribution is -2.23. The second-order valence-electron chi connectivity index (χ2n) is 5.15. The molecule has 0 aliphatic carbocycles. The molecule has 108 valence electrons. The summed E-state index contributed by atoms with van der Waals surface area (Å²) in [4.78, 5) is 0. The first-order chi connectivity index (χ1) is 9.17. The van der Waals surface area contributed by atoms with E-state index in [-0.39, 0.29) is 0 Å². The average molecular weight is 265 g/mol. The molecule has 1 aromatic carbocycles. The van der Waals surface area contributed by atoms with E-state index in [1.165, 1.54) is 5.56 Å². The van der Waals surface area contributed by atoms with Crippen LogP contribution in [-0.2, 0) is 11.2 Å². The highest BCUT2D eigenvalue weighted by Gasteiger charge is 2.12. The Morgan fingerprint density at radius 3 is 2.58 bits per heavy atom. The molecule has 19 heavy (non-hydrogen) atoms. The minimum atomic E-state index is 0.307. The highest BCUT2D eigenvalue weighted by molar-refractivity contribution is 5.33. The molecule has 1 atom stereocenters. The van der Waals surface area contributed by atoms with Crippen LogP contribution in [-0.4, -0.2) is 33.4 Å². The maximum atomic E-state index is 5.65. The van der Waals surface area contributed by atoms with Crippen LogP contribution in [0.4, 0.5) is 0 Å². The van der Waals surface area contributed by atoms with Crippen molar-refractivity contribution in [2.45, 2.75) is 32.8 Å². The van der Waals surface area contributed by atoms with Gasteiger partial charge in [-0.2, -0.15) is 0 Å². The van der Waals surface area contributed by atoms with Gasteiger partial charge in [-0.05, 0) is 57.8 Å². The molecule has 0 radical (unpaired) electrons. The maximum Gasteiger partial charge on any atom is 0.122 e. The summed E-state index contributed by atoms with van der Waals surface area (Å²) in [7, 11) is 3.73. The molecule has 0 aromatic heterocycles. The normalized spacial score (nSPS) is 12.7. The highest BCUT2D eigenvalue weighted by Crippen LogP contribution is 2.22. The predicted octanol–water partition coefficient (Wildman–Crippen LogP) is 2.89. The molecule has 0 bridgehead atoms. The van der Waals surface area contributed by atoms with Gasteiger partial charge in [-0.1, -0.05) is 18.2 Å². The van der Waals surface area contributed by atoms with Crippen LogP contribution in [0.3, 0.4) is 0 Å². The van der Waals surface area contributed by atoms with Crippen LogP contribution in [0.5, 0.6) is 5.75 Å². The quantitative estimate of drug-likeness (QED) is 0.744. The molecule has 0 aliphatic heterocycles. The van der Waals surface area contributed by atoms with E-state index in [0.717, 1.165) is 31.7 Å². The van der Waals surface area contributed by atoms with Crippen LogP contribution in [0.2, 0.25) is 0 Å². The summed E-state index contributed by atoms with van der Waals surface area (Å²) in [5.41, 5.74) is 1.27. The minimum Gasteiger partial charge on any atom is -0.496 e. The van der Waals surface area contributed by atoms with Gasteiger partial charge in [-0.25, -0.2) is 0 Å². The number of benzene rings is 1. The lowest BCUT2D eigenvalue weighted by atomic mass is 9.96. The Balaban J connectivity index is 2.56. The van der Waals surface area contributed by atoms with Gasteiger partial charge in [0.05, 0.1) is 13.2 Å². The SMILES string of the molecule is CNCC(CCOC(C)C)Cc1ccccc1OC. The zero-order chi connectivity index (χ0) is 14.1. The van der Waals surface area contributed by atoms with Gasteiger partial charge in [0.25, 0.3) is 0 Å². The van der Waals surface area contributed by atoms with E-state index < -0.39 is 0 Å². The molecular weight excluding hydrogens is 238 g/mol. The molecule has 1 aromatic rings. The molecule has 0 fully saturated rings. The Hall–Kier alpha value is -1.06. The molecule has 0 heterocycles. The summed E-state index contributed by atoms with van der Waals surface area (Å²) in [6, 6.07) is 8.25. The summed E-state index contributed by atoms with van der Waals surface area (Å²) in [5.74, 6) is 1.55. The summed E-state index contributed by atoms with van der Waals surface area (Å²) in [5, 5.41) is 3.27. The van der Waals surface area contributed by atoms with Crippen LogP contribution >= 0.6 is 0 Å². The van der Waals surface area contributed by atoms with Crippen molar-refractivity contribution in [2.75, 3.05) is 27.3 Å². The van der Waals surface area contributed by atoms with Crippen molar-refractivity contribution in [1.29, 1.82) is 0 Å². The van der Waals surface area contributed by atoms with Crippen molar-refractivity contribution in [1.82, 2.24) is 5.32 Å². The molecule has 1 unspecified atom stereocenters. The Bertz CT molecular complexity index is 352. The number of rotatable bonds is 9. The fourth-order valence-electron chi connectivity index (χ4n) is 2.22. The largest absolute Gasteiger partial charge is 0.496 e. The first-order valence-corrected chi connectivity index (χ1v) is 7.05. The van der Waals surface area contributed by atoms with E-state index >= 15 is 0 Å². The van der Waals surface area contributed by atoms with Crippen molar-refractivity contribution >= 4 is 0 Å². The van der Waals surface area contributed by atoms with Gasteiger partial charge in [0, 0.05) is 6.61 Å². The van der Waals surface area contributed by atoms with Gasteiger partial charge in [0.2, 0.25) is 0 Å². The third-order valence-electron chi connectivity index (χ3n) is 3.17. The van der Waals surface area contributed by atoms with Gasteiger partial charge in [-0.15, -0.1) is 0 Å². The second-order valence-corrected chi connectivity index (χ2v) is 5.15. The Kier molecular flexibility index (Phi) is 7.53. The predicted molar refractivity (Wildman–Crippen MR) is 79.8 cm³/mol. The van der Waals surface area contributed by atoms with Gasteiger partial charge >= 0.3 is 0 Å². The Morgan fingerprint density at radius 2 is 1.95 bits per heavy atom. The second kappa shape index (κ2) is 8.94. The zero-order valence-corrected chi connectivity index (χ0v) is 12.6. The molecule has 3 nitrogen and oxygen atoms in total. The van der Waals surface area contributed by atoms with E-state index in [1.54, 1.807) is 7.11 Å². The van der Waals surface area contributed by atoms with Crippen molar-refractivity contribution in [3.8, 4) is 5.75 Å². The fraction of sp³-hybridized carbons (Fsp3) is 0.625. The minimum absolute atomic E-state index is 0.307. The lowest BCUT2D eigenvalue weighted by Gasteiger charge is -2.19. The van der Waals surface area contributed by atoms with E-state index in [9.17, 15) is 0 Å². The number of nitrogens with one attached hydrogen (secondary N) is 1. The van der Waals surface area contributed by atoms with E-state index in [0.29, 0.717) is 12.0 Å². The monoisotopic (exact) mass is 265 g/mol. The van der Waals surface area contributed by atoms with Crippen LogP contribution in [0.25, 0.3) is 0 Å². The molecule has 0 saturated carbocycles. The standard InChI is InChI=1S/C16H27NO2/c1-13(2)19-10-9-14(12-17-3)11-15-7-5-6-8-16(15)18-4/h5-8,13-14,17H,9-12H2,1-4H3. The smallest absolute Gasteiger partial charge is 0.122 e. The first kappa shape index (κ1) is 16.0. The summed E-state index contributed by atoms with van der Waals surface area (Å²) < 4.78 is 11.1. The lowest BCUT2D eigenvalue weighted by molar-refractivity contribution is 0.0684. The zero-order valence-electron chi connectivity index (χ0n) is 12.6. The first-order valence-electron chi connectivity index (χ1n) is 7.05. The van der Waals surface area contributed by atoms with Crippen molar-refractivity contribution < 1.29 is 9.47 Å². The maximum absolute atomic E-state index is 5.65. The van der Waals surface area contributed by atoms with Crippen molar-refractivity contribution in [3.63, 3.8) is 0 Å². The number of hydrogen-bond donors (Lipinski definition) is 1. The molecular formula is C16H27NO2. The third kappa shape index (κ3) is 6.08. The van der Waals surface area contributed by atoms with Gasteiger partial charge in [-0.3, -0.25) is 0 Å². The average Bonchev–Trinajstić information content (AvgIpc) is 2.39. The molecule has 1 rings (SSSR count). The number of hydrogen-bond acceptors (Lipinski definition) is 3. The number of methoxy groups -OCH3 is 1. The highest BCUT2D eigenvalue weighted by atomic mass is 16.5. The molecule has 0 amide bonds. The van der Waals surface area contributed by atoms with Gasteiger partial charge < -0.3 is 14.8 Å². The van der Waals surface area contributed by atoms with E-state index in [4.69, 9.17) is 9.47 Å². The Labute approximate surface area is 117 Å². The fourth-order valence-corrected chi connectivity index (χ4v) is 2.22. The third-order valence-corrected chi connectivity index (χ3v) is 3.17. The van der Waals surface area contributed by atoms with Crippen molar-refractivity contribution in [2.24, 2.45) is 5.92 Å². The van der Waals surface area contributed by atoms with E-state index in [2.05, 4.69) is 31.3 Å². The number of ether oxygens (including phenoxy) is 2. The van der Waals surface area contributed by atoms with Crippen LogP contribution in [0.15, 0.2) is 24.3 Å². The van der Waals surface area contributed by atoms with E-state index in [1.807, 2.05) is 19.2 Å². The van der Waals surface area contributed by atoms with Gasteiger partial charge in [0.15, 0.2) is 0 Å². The molecule has 0 aliphatic rings.